The first-order valence-corrected chi connectivity index (χ1v) is 6.29. The molecule has 0 atom stereocenters. The molecule has 1 heterocycles. The Morgan fingerprint density at radius 3 is 2.75 bits per heavy atom. The predicted octanol–water partition coefficient (Wildman–Crippen LogP) is 1.63. The number of hydrogen-bond donors (Lipinski definition) is 3. The predicted molar refractivity (Wildman–Crippen MR) is 68.4 cm³/mol. The second-order valence-corrected chi connectivity index (χ2v) is 4.75. The molecule has 1 aromatic carbocycles. The summed E-state index contributed by atoms with van der Waals surface area (Å²) < 4.78 is 31.4. The van der Waals surface area contributed by atoms with E-state index in [0.717, 1.165) is 6.07 Å². The SMILES string of the molecule is O=C(NCC1(O)CCOCC1)Nc1cccc(F)c1F. The number of halogens is 2. The Morgan fingerprint density at radius 1 is 1.35 bits per heavy atom. The zero-order chi connectivity index (χ0) is 14.6. The van der Waals surface area contributed by atoms with E-state index in [1.54, 1.807) is 0 Å². The third kappa shape index (κ3) is 3.64. The van der Waals surface area contributed by atoms with Crippen molar-refractivity contribution in [3.63, 3.8) is 0 Å². The fourth-order valence-corrected chi connectivity index (χ4v) is 1.94. The Hall–Kier alpha value is -1.73. The quantitative estimate of drug-likeness (QED) is 0.791. The van der Waals surface area contributed by atoms with Crippen molar-refractivity contribution in [2.45, 2.75) is 18.4 Å². The molecule has 0 aromatic heterocycles. The van der Waals surface area contributed by atoms with Crippen LogP contribution in [0.4, 0.5) is 19.3 Å². The highest BCUT2D eigenvalue weighted by Crippen LogP contribution is 2.19. The number of hydrogen-bond acceptors (Lipinski definition) is 3. The summed E-state index contributed by atoms with van der Waals surface area (Å²) >= 11 is 0. The second kappa shape index (κ2) is 6.15. The molecule has 0 radical (unpaired) electrons. The van der Waals surface area contributed by atoms with Gasteiger partial charge in [-0.15, -0.1) is 0 Å². The zero-order valence-electron chi connectivity index (χ0n) is 10.8. The molecule has 0 bridgehead atoms. The van der Waals surface area contributed by atoms with Crippen LogP contribution in [-0.2, 0) is 4.74 Å². The molecule has 1 aromatic rings. The van der Waals surface area contributed by atoms with Crippen molar-refractivity contribution in [1.29, 1.82) is 0 Å². The number of carbonyl (C=O) groups is 1. The van der Waals surface area contributed by atoms with Crippen molar-refractivity contribution in [3.8, 4) is 0 Å². The van der Waals surface area contributed by atoms with Gasteiger partial charge in [0.25, 0.3) is 0 Å². The van der Waals surface area contributed by atoms with Crippen LogP contribution in [0, 0.1) is 11.6 Å². The van der Waals surface area contributed by atoms with E-state index in [1.165, 1.54) is 12.1 Å². The van der Waals surface area contributed by atoms with Gasteiger partial charge in [0, 0.05) is 32.6 Å². The molecule has 0 saturated carbocycles. The molecule has 20 heavy (non-hydrogen) atoms. The number of aliphatic hydroxyl groups is 1. The number of benzene rings is 1. The van der Waals surface area contributed by atoms with E-state index in [-0.39, 0.29) is 12.2 Å². The van der Waals surface area contributed by atoms with E-state index < -0.39 is 23.3 Å². The molecular formula is C13H16F2N2O3. The average molecular weight is 286 g/mol. The van der Waals surface area contributed by atoms with Crippen molar-refractivity contribution >= 4 is 11.7 Å². The molecule has 3 N–H and O–H groups in total. The molecular weight excluding hydrogens is 270 g/mol. The minimum atomic E-state index is -1.12. The van der Waals surface area contributed by atoms with E-state index in [1.807, 2.05) is 0 Å². The number of nitrogens with one attached hydrogen (secondary N) is 2. The van der Waals surface area contributed by atoms with Gasteiger partial charge >= 0.3 is 6.03 Å². The Morgan fingerprint density at radius 2 is 2.05 bits per heavy atom. The van der Waals surface area contributed by atoms with Crippen molar-refractivity contribution in [2.75, 3.05) is 25.1 Å². The van der Waals surface area contributed by atoms with Gasteiger partial charge in [0.05, 0.1) is 11.3 Å². The third-order valence-corrected chi connectivity index (χ3v) is 3.20. The van der Waals surface area contributed by atoms with Crippen LogP contribution >= 0.6 is 0 Å². The average Bonchev–Trinajstić information content (AvgIpc) is 2.43. The molecule has 1 saturated heterocycles. The van der Waals surface area contributed by atoms with Crippen molar-refractivity contribution < 1.29 is 23.4 Å². The van der Waals surface area contributed by atoms with Crippen LogP contribution in [-0.4, -0.2) is 36.5 Å². The standard InChI is InChI=1S/C13H16F2N2O3/c14-9-2-1-3-10(11(9)15)17-12(18)16-8-13(19)4-6-20-7-5-13/h1-3,19H,4-8H2,(H2,16,17,18). The maximum absolute atomic E-state index is 13.3. The van der Waals surface area contributed by atoms with Crippen molar-refractivity contribution in [2.24, 2.45) is 0 Å². The molecule has 0 unspecified atom stereocenters. The number of amides is 2. The minimum Gasteiger partial charge on any atom is -0.388 e. The molecule has 0 spiro atoms. The Kier molecular flexibility index (Phi) is 4.51. The van der Waals surface area contributed by atoms with Gasteiger partial charge in [-0.3, -0.25) is 0 Å². The van der Waals surface area contributed by atoms with Crippen LogP contribution in [0.5, 0.6) is 0 Å². The summed E-state index contributed by atoms with van der Waals surface area (Å²) in [5.74, 6) is -2.15. The van der Waals surface area contributed by atoms with Crippen LogP contribution in [0.15, 0.2) is 18.2 Å². The maximum atomic E-state index is 13.3. The third-order valence-electron chi connectivity index (χ3n) is 3.20. The molecule has 110 valence electrons. The molecule has 1 fully saturated rings. The summed E-state index contributed by atoms with van der Waals surface area (Å²) in [5.41, 5.74) is -1.27. The summed E-state index contributed by atoms with van der Waals surface area (Å²) in [5, 5.41) is 14.8. The number of rotatable bonds is 3. The van der Waals surface area contributed by atoms with Crippen LogP contribution in [0.2, 0.25) is 0 Å². The molecule has 1 aliphatic heterocycles. The maximum Gasteiger partial charge on any atom is 0.319 e. The van der Waals surface area contributed by atoms with E-state index >= 15 is 0 Å². The lowest BCUT2D eigenvalue weighted by molar-refractivity contribution is -0.0598. The van der Waals surface area contributed by atoms with Crippen molar-refractivity contribution in [1.82, 2.24) is 5.32 Å². The molecule has 2 rings (SSSR count). The monoisotopic (exact) mass is 286 g/mol. The number of ether oxygens (including phenoxy) is 1. The van der Waals surface area contributed by atoms with Crippen molar-refractivity contribution in [3.05, 3.63) is 29.8 Å². The fourth-order valence-electron chi connectivity index (χ4n) is 1.94. The smallest absolute Gasteiger partial charge is 0.319 e. The highest BCUT2D eigenvalue weighted by molar-refractivity contribution is 5.89. The molecule has 0 aliphatic carbocycles. The number of carbonyl (C=O) groups excluding carboxylic acids is 1. The molecule has 1 aliphatic rings. The van der Waals surface area contributed by atoms with E-state index in [2.05, 4.69) is 10.6 Å². The Bertz CT molecular complexity index is 491. The molecule has 7 heteroatoms. The second-order valence-electron chi connectivity index (χ2n) is 4.75. The van der Waals surface area contributed by atoms with Gasteiger partial charge in [0.1, 0.15) is 0 Å². The minimum absolute atomic E-state index is 0.0269. The fraction of sp³-hybridized carbons (Fsp3) is 0.462. The van der Waals surface area contributed by atoms with E-state index in [9.17, 15) is 18.7 Å². The van der Waals surface area contributed by atoms with Gasteiger partial charge in [-0.1, -0.05) is 6.07 Å². The van der Waals surface area contributed by atoms with Crippen LogP contribution < -0.4 is 10.6 Å². The summed E-state index contributed by atoms with van der Waals surface area (Å²) in [6.07, 6.45) is 0.837. The number of urea groups is 1. The van der Waals surface area contributed by atoms with E-state index in [4.69, 9.17) is 4.74 Å². The summed E-state index contributed by atoms with van der Waals surface area (Å²) in [6.45, 7) is 0.885. The van der Waals surface area contributed by atoms with Gasteiger partial charge in [-0.2, -0.15) is 0 Å². The van der Waals surface area contributed by atoms with E-state index in [0.29, 0.717) is 26.1 Å². The largest absolute Gasteiger partial charge is 0.388 e. The normalized spacial score (nSPS) is 17.6. The summed E-state index contributed by atoms with van der Waals surface area (Å²) in [6, 6.07) is 2.80. The van der Waals surface area contributed by atoms with Gasteiger partial charge in [0.2, 0.25) is 0 Å². The summed E-state index contributed by atoms with van der Waals surface area (Å²) in [7, 11) is 0. The lowest BCUT2D eigenvalue weighted by Gasteiger charge is -2.32. The molecule has 5 nitrogen and oxygen atoms in total. The van der Waals surface area contributed by atoms with Crippen LogP contribution in [0.3, 0.4) is 0 Å². The van der Waals surface area contributed by atoms with Crippen LogP contribution in [0.25, 0.3) is 0 Å². The summed E-state index contributed by atoms with van der Waals surface area (Å²) in [4.78, 5) is 11.6. The highest BCUT2D eigenvalue weighted by atomic mass is 19.2. The van der Waals surface area contributed by atoms with Gasteiger partial charge in [-0.05, 0) is 12.1 Å². The topological polar surface area (TPSA) is 70.6 Å². The highest BCUT2D eigenvalue weighted by Gasteiger charge is 2.30. The van der Waals surface area contributed by atoms with Crippen LogP contribution in [0.1, 0.15) is 12.8 Å². The first-order chi connectivity index (χ1) is 9.50. The van der Waals surface area contributed by atoms with Gasteiger partial charge in [-0.25, -0.2) is 13.6 Å². The molecule has 2 amide bonds. The number of anilines is 1. The zero-order valence-corrected chi connectivity index (χ0v) is 10.8. The Balaban J connectivity index is 1.88. The van der Waals surface area contributed by atoms with Gasteiger partial charge in [0.15, 0.2) is 11.6 Å². The lowest BCUT2D eigenvalue weighted by atomic mass is 9.94. The Labute approximate surface area is 114 Å². The lowest BCUT2D eigenvalue weighted by Crippen LogP contribution is -2.47. The first kappa shape index (κ1) is 14.7. The van der Waals surface area contributed by atoms with Gasteiger partial charge < -0.3 is 20.5 Å². The first-order valence-electron chi connectivity index (χ1n) is 6.29.